The van der Waals surface area contributed by atoms with Crippen LogP contribution >= 0.6 is 23.2 Å². The molecule has 3 aromatic rings. The zero-order valence-electron chi connectivity index (χ0n) is 13.1. The van der Waals surface area contributed by atoms with E-state index >= 15 is 0 Å². The van der Waals surface area contributed by atoms with Crippen LogP contribution in [-0.4, -0.2) is 9.97 Å². The Morgan fingerprint density at radius 1 is 1.00 bits per heavy atom. The van der Waals surface area contributed by atoms with Gasteiger partial charge in [0.15, 0.2) is 0 Å². The molecule has 24 heavy (non-hydrogen) atoms. The van der Waals surface area contributed by atoms with Gasteiger partial charge in [0, 0.05) is 28.5 Å². The lowest BCUT2D eigenvalue weighted by atomic mass is 10.2. The molecule has 122 valence electrons. The molecular formula is C18H16Cl2N4. The van der Waals surface area contributed by atoms with E-state index in [9.17, 15) is 0 Å². The van der Waals surface area contributed by atoms with Crippen LogP contribution in [0, 0.1) is 6.92 Å². The minimum atomic E-state index is 0.499. The molecule has 0 fully saturated rings. The number of hydrogen-bond donors (Lipinski definition) is 2. The van der Waals surface area contributed by atoms with Crippen LogP contribution in [0.15, 0.2) is 54.7 Å². The number of nitrogens with zero attached hydrogens (tertiary/aromatic N) is 2. The Labute approximate surface area is 150 Å². The maximum absolute atomic E-state index is 6.16. The number of halogens is 2. The standard InChI is InChI=1S/C18H16Cl2N4/c1-12-6-7-14(10-16(12)20)23-18-21-9-8-17(24-18)22-11-13-4-2-3-5-15(13)19/h2-10H,11H2,1H3,(H2,21,22,23,24). The Bertz CT molecular complexity index is 852. The van der Waals surface area contributed by atoms with E-state index in [1.165, 1.54) is 0 Å². The van der Waals surface area contributed by atoms with Crippen molar-refractivity contribution >= 4 is 40.7 Å². The SMILES string of the molecule is Cc1ccc(Nc2nccc(NCc3ccccc3Cl)n2)cc1Cl. The van der Waals surface area contributed by atoms with Crippen LogP contribution in [0.4, 0.5) is 17.5 Å². The molecule has 0 saturated heterocycles. The van der Waals surface area contributed by atoms with E-state index in [0.29, 0.717) is 23.3 Å². The molecule has 0 amide bonds. The van der Waals surface area contributed by atoms with Crippen LogP contribution in [-0.2, 0) is 6.54 Å². The topological polar surface area (TPSA) is 49.8 Å². The largest absolute Gasteiger partial charge is 0.366 e. The number of rotatable bonds is 5. The minimum Gasteiger partial charge on any atom is -0.366 e. The Morgan fingerprint density at radius 2 is 1.83 bits per heavy atom. The van der Waals surface area contributed by atoms with E-state index in [1.807, 2.05) is 55.5 Å². The van der Waals surface area contributed by atoms with Crippen molar-refractivity contribution in [2.75, 3.05) is 10.6 Å². The van der Waals surface area contributed by atoms with E-state index in [4.69, 9.17) is 23.2 Å². The second-order valence-electron chi connectivity index (χ2n) is 5.30. The summed E-state index contributed by atoms with van der Waals surface area (Å²) in [5, 5.41) is 7.83. The van der Waals surface area contributed by atoms with Gasteiger partial charge >= 0.3 is 0 Å². The second-order valence-corrected chi connectivity index (χ2v) is 6.11. The number of nitrogens with one attached hydrogen (secondary N) is 2. The molecule has 0 spiro atoms. The molecule has 0 unspecified atom stereocenters. The number of benzene rings is 2. The third kappa shape index (κ3) is 4.16. The summed E-state index contributed by atoms with van der Waals surface area (Å²) in [6.07, 6.45) is 1.69. The van der Waals surface area contributed by atoms with Crippen molar-refractivity contribution in [1.29, 1.82) is 0 Å². The lowest BCUT2D eigenvalue weighted by Gasteiger charge is -2.10. The number of aryl methyl sites for hydroxylation is 1. The van der Waals surface area contributed by atoms with Gasteiger partial charge in [-0.05, 0) is 42.3 Å². The summed E-state index contributed by atoms with van der Waals surface area (Å²) in [4.78, 5) is 8.67. The molecular weight excluding hydrogens is 343 g/mol. The van der Waals surface area contributed by atoms with E-state index in [0.717, 1.165) is 21.8 Å². The first-order valence-electron chi connectivity index (χ1n) is 7.45. The predicted octanol–water partition coefficient (Wildman–Crippen LogP) is 5.45. The number of aromatic nitrogens is 2. The summed E-state index contributed by atoms with van der Waals surface area (Å²) in [5.74, 6) is 1.21. The quantitative estimate of drug-likeness (QED) is 0.636. The van der Waals surface area contributed by atoms with Gasteiger partial charge in [-0.2, -0.15) is 4.98 Å². The molecule has 0 saturated carbocycles. The van der Waals surface area contributed by atoms with Gasteiger partial charge in [0.1, 0.15) is 5.82 Å². The Morgan fingerprint density at radius 3 is 2.62 bits per heavy atom. The first-order chi connectivity index (χ1) is 11.6. The van der Waals surface area contributed by atoms with Crippen LogP contribution in [0.1, 0.15) is 11.1 Å². The molecule has 0 aliphatic heterocycles. The Hall–Kier alpha value is -2.30. The predicted molar refractivity (Wildman–Crippen MR) is 100 cm³/mol. The van der Waals surface area contributed by atoms with E-state index in [2.05, 4.69) is 20.6 Å². The van der Waals surface area contributed by atoms with E-state index in [1.54, 1.807) is 6.20 Å². The molecule has 4 nitrogen and oxygen atoms in total. The Balaban J connectivity index is 1.69. The second kappa shape index (κ2) is 7.51. The summed E-state index contributed by atoms with van der Waals surface area (Å²) < 4.78 is 0. The first-order valence-corrected chi connectivity index (χ1v) is 8.21. The number of hydrogen-bond acceptors (Lipinski definition) is 4. The molecule has 0 aliphatic rings. The summed E-state index contributed by atoms with van der Waals surface area (Å²) in [7, 11) is 0. The Kier molecular flexibility index (Phi) is 5.18. The van der Waals surface area contributed by atoms with Gasteiger partial charge in [0.25, 0.3) is 0 Å². The summed E-state index contributed by atoms with van der Waals surface area (Å²) in [6.45, 7) is 2.55. The van der Waals surface area contributed by atoms with Crippen LogP contribution in [0.3, 0.4) is 0 Å². The van der Waals surface area contributed by atoms with Crippen LogP contribution in [0.5, 0.6) is 0 Å². The van der Waals surface area contributed by atoms with Gasteiger partial charge in [0.05, 0.1) is 0 Å². The van der Waals surface area contributed by atoms with Gasteiger partial charge < -0.3 is 10.6 Å². The fourth-order valence-electron chi connectivity index (χ4n) is 2.14. The molecule has 6 heteroatoms. The highest BCUT2D eigenvalue weighted by Gasteiger charge is 2.03. The highest BCUT2D eigenvalue weighted by atomic mass is 35.5. The molecule has 2 aromatic carbocycles. The highest BCUT2D eigenvalue weighted by Crippen LogP contribution is 2.22. The molecule has 0 radical (unpaired) electrons. The van der Waals surface area contributed by atoms with Crippen molar-refractivity contribution in [3.8, 4) is 0 Å². The summed E-state index contributed by atoms with van der Waals surface area (Å²) in [5.41, 5.74) is 2.88. The summed E-state index contributed by atoms with van der Waals surface area (Å²) >= 11 is 12.3. The molecule has 0 atom stereocenters. The average molecular weight is 359 g/mol. The number of anilines is 3. The van der Waals surface area contributed by atoms with Crippen molar-refractivity contribution in [2.24, 2.45) is 0 Å². The van der Waals surface area contributed by atoms with Gasteiger partial charge in [-0.15, -0.1) is 0 Å². The van der Waals surface area contributed by atoms with Gasteiger partial charge in [-0.25, -0.2) is 4.98 Å². The van der Waals surface area contributed by atoms with Crippen molar-refractivity contribution in [3.05, 3.63) is 75.9 Å². The zero-order valence-corrected chi connectivity index (χ0v) is 14.6. The lowest BCUT2D eigenvalue weighted by molar-refractivity contribution is 1.08. The smallest absolute Gasteiger partial charge is 0.229 e. The fraction of sp³-hybridized carbons (Fsp3) is 0.111. The molecule has 1 aromatic heterocycles. The van der Waals surface area contributed by atoms with Gasteiger partial charge in [-0.1, -0.05) is 47.5 Å². The normalized spacial score (nSPS) is 10.5. The van der Waals surface area contributed by atoms with Gasteiger partial charge in [-0.3, -0.25) is 0 Å². The summed E-state index contributed by atoms with van der Waals surface area (Å²) in [6, 6.07) is 15.3. The highest BCUT2D eigenvalue weighted by molar-refractivity contribution is 6.31. The van der Waals surface area contributed by atoms with Crippen molar-refractivity contribution in [2.45, 2.75) is 13.5 Å². The third-order valence-electron chi connectivity index (χ3n) is 3.50. The first kappa shape index (κ1) is 16.6. The van der Waals surface area contributed by atoms with Gasteiger partial charge in [0.2, 0.25) is 5.95 Å². The molecule has 0 aliphatic carbocycles. The maximum atomic E-state index is 6.16. The maximum Gasteiger partial charge on any atom is 0.229 e. The monoisotopic (exact) mass is 358 g/mol. The van der Waals surface area contributed by atoms with Crippen molar-refractivity contribution in [3.63, 3.8) is 0 Å². The van der Waals surface area contributed by atoms with Crippen molar-refractivity contribution in [1.82, 2.24) is 9.97 Å². The molecule has 1 heterocycles. The third-order valence-corrected chi connectivity index (χ3v) is 4.28. The van der Waals surface area contributed by atoms with Crippen molar-refractivity contribution < 1.29 is 0 Å². The molecule has 3 rings (SSSR count). The van der Waals surface area contributed by atoms with Crippen LogP contribution in [0.2, 0.25) is 10.0 Å². The fourth-order valence-corrected chi connectivity index (χ4v) is 2.53. The zero-order chi connectivity index (χ0) is 16.9. The van der Waals surface area contributed by atoms with E-state index in [-0.39, 0.29) is 0 Å². The van der Waals surface area contributed by atoms with Crippen LogP contribution < -0.4 is 10.6 Å². The lowest BCUT2D eigenvalue weighted by Crippen LogP contribution is -2.04. The molecule has 0 bridgehead atoms. The average Bonchev–Trinajstić information content (AvgIpc) is 2.58. The van der Waals surface area contributed by atoms with E-state index < -0.39 is 0 Å². The van der Waals surface area contributed by atoms with Crippen LogP contribution in [0.25, 0.3) is 0 Å². The minimum absolute atomic E-state index is 0.499. The molecule has 2 N–H and O–H groups in total.